The fourth-order valence-corrected chi connectivity index (χ4v) is 2.18. The molecule has 0 aromatic heterocycles. The molecule has 0 amide bonds. The van der Waals surface area contributed by atoms with Gasteiger partial charge in [-0.1, -0.05) is 48.5 Å². The summed E-state index contributed by atoms with van der Waals surface area (Å²) in [6, 6.07) is 16.3. The van der Waals surface area contributed by atoms with E-state index >= 15 is 0 Å². The van der Waals surface area contributed by atoms with Crippen LogP contribution in [0.25, 0.3) is 0 Å². The van der Waals surface area contributed by atoms with Gasteiger partial charge in [-0.25, -0.2) is 0 Å². The highest BCUT2D eigenvalue weighted by Crippen LogP contribution is 2.20. The number of carbonyl (C=O) groups excluding carboxylic acids is 2. The summed E-state index contributed by atoms with van der Waals surface area (Å²) in [4.78, 5) is 24.5. The minimum Gasteiger partial charge on any atom is -0.463 e. The Morgan fingerprint density at radius 3 is 2.14 bits per heavy atom. The third-order valence-electron chi connectivity index (χ3n) is 3.39. The molecular weight excluding hydrogens is 276 g/mol. The number of hydrogen-bond acceptors (Lipinski definition) is 3. The lowest BCUT2D eigenvalue weighted by Crippen LogP contribution is -2.17. The van der Waals surface area contributed by atoms with Crippen molar-refractivity contribution in [2.75, 3.05) is 0 Å². The lowest BCUT2D eigenvalue weighted by Gasteiger charge is -2.14. The molecule has 2 rings (SSSR count). The summed E-state index contributed by atoms with van der Waals surface area (Å²) in [7, 11) is 0. The SMILES string of the molecule is CC(C)OC(=O)C(C)c1cccc(C(=O)c2ccccc2)c1. The van der Waals surface area contributed by atoms with Crippen LogP contribution in [0, 0.1) is 0 Å². The average molecular weight is 296 g/mol. The van der Waals surface area contributed by atoms with Crippen LogP contribution in [-0.4, -0.2) is 17.9 Å². The van der Waals surface area contributed by atoms with Crippen molar-refractivity contribution in [1.82, 2.24) is 0 Å². The average Bonchev–Trinajstić information content (AvgIpc) is 2.53. The number of rotatable bonds is 5. The second-order valence-corrected chi connectivity index (χ2v) is 5.53. The number of hydrogen-bond donors (Lipinski definition) is 0. The minimum atomic E-state index is -0.397. The molecule has 0 aliphatic carbocycles. The molecule has 2 aromatic rings. The maximum atomic E-state index is 12.5. The molecule has 22 heavy (non-hydrogen) atoms. The summed E-state index contributed by atoms with van der Waals surface area (Å²) in [6.45, 7) is 5.43. The maximum Gasteiger partial charge on any atom is 0.313 e. The second kappa shape index (κ2) is 7.03. The van der Waals surface area contributed by atoms with Gasteiger partial charge in [0.05, 0.1) is 12.0 Å². The molecule has 2 aromatic carbocycles. The lowest BCUT2D eigenvalue weighted by molar-refractivity contribution is -0.148. The molecule has 1 atom stereocenters. The predicted octanol–water partition coefficient (Wildman–Crippen LogP) is 3.97. The van der Waals surface area contributed by atoms with Gasteiger partial charge >= 0.3 is 5.97 Å². The molecule has 0 aliphatic rings. The molecule has 0 radical (unpaired) electrons. The third kappa shape index (κ3) is 3.82. The zero-order valence-corrected chi connectivity index (χ0v) is 13.1. The summed E-state index contributed by atoms with van der Waals surface area (Å²) in [6.07, 6.45) is -0.149. The van der Waals surface area contributed by atoms with Crippen molar-refractivity contribution in [2.45, 2.75) is 32.8 Å². The quantitative estimate of drug-likeness (QED) is 0.619. The van der Waals surface area contributed by atoms with Crippen molar-refractivity contribution in [2.24, 2.45) is 0 Å². The highest BCUT2D eigenvalue weighted by atomic mass is 16.5. The highest BCUT2D eigenvalue weighted by Gasteiger charge is 2.19. The van der Waals surface area contributed by atoms with Crippen molar-refractivity contribution < 1.29 is 14.3 Å². The first-order chi connectivity index (χ1) is 10.5. The van der Waals surface area contributed by atoms with Crippen molar-refractivity contribution in [3.8, 4) is 0 Å². The summed E-state index contributed by atoms with van der Waals surface area (Å²) in [5, 5.41) is 0. The van der Waals surface area contributed by atoms with E-state index in [9.17, 15) is 9.59 Å². The molecule has 0 N–H and O–H groups in total. The molecule has 0 heterocycles. The molecule has 0 spiro atoms. The largest absolute Gasteiger partial charge is 0.463 e. The van der Waals surface area contributed by atoms with Crippen LogP contribution in [-0.2, 0) is 9.53 Å². The van der Waals surface area contributed by atoms with Gasteiger partial charge in [0.25, 0.3) is 0 Å². The smallest absolute Gasteiger partial charge is 0.313 e. The van der Waals surface area contributed by atoms with Gasteiger partial charge in [0.1, 0.15) is 0 Å². The Hall–Kier alpha value is -2.42. The van der Waals surface area contributed by atoms with E-state index in [1.807, 2.05) is 38.1 Å². The zero-order valence-electron chi connectivity index (χ0n) is 13.1. The Morgan fingerprint density at radius 1 is 0.864 bits per heavy atom. The summed E-state index contributed by atoms with van der Waals surface area (Å²) in [5.74, 6) is -0.725. The van der Waals surface area contributed by atoms with Gasteiger partial charge in [-0.3, -0.25) is 9.59 Å². The minimum absolute atomic E-state index is 0.0492. The fourth-order valence-electron chi connectivity index (χ4n) is 2.18. The van der Waals surface area contributed by atoms with Gasteiger partial charge in [0.15, 0.2) is 5.78 Å². The molecule has 1 unspecified atom stereocenters. The molecule has 0 aliphatic heterocycles. The lowest BCUT2D eigenvalue weighted by atomic mass is 9.96. The number of benzene rings is 2. The van der Waals surface area contributed by atoms with Crippen LogP contribution >= 0.6 is 0 Å². The topological polar surface area (TPSA) is 43.4 Å². The molecular formula is C19H20O3. The third-order valence-corrected chi connectivity index (χ3v) is 3.39. The van der Waals surface area contributed by atoms with E-state index in [2.05, 4.69) is 0 Å². The number of ether oxygens (including phenoxy) is 1. The number of carbonyl (C=O) groups is 2. The summed E-state index contributed by atoms with van der Waals surface area (Å²) >= 11 is 0. The number of esters is 1. The standard InChI is InChI=1S/C19H20O3/c1-13(2)22-19(21)14(3)16-10-7-11-17(12-16)18(20)15-8-5-4-6-9-15/h4-14H,1-3H3. The van der Waals surface area contributed by atoms with Crippen LogP contribution in [0.4, 0.5) is 0 Å². The van der Waals surface area contributed by atoms with E-state index in [0.717, 1.165) is 5.56 Å². The van der Waals surface area contributed by atoms with E-state index in [0.29, 0.717) is 11.1 Å². The van der Waals surface area contributed by atoms with Gasteiger partial charge in [0, 0.05) is 11.1 Å². The van der Waals surface area contributed by atoms with Gasteiger partial charge in [-0.15, -0.1) is 0 Å². The van der Waals surface area contributed by atoms with Crippen molar-refractivity contribution in [1.29, 1.82) is 0 Å². The van der Waals surface area contributed by atoms with Crippen molar-refractivity contribution >= 4 is 11.8 Å². The zero-order chi connectivity index (χ0) is 16.1. The molecule has 0 saturated carbocycles. The van der Waals surface area contributed by atoms with Gasteiger partial charge in [-0.05, 0) is 32.4 Å². The van der Waals surface area contributed by atoms with Crippen LogP contribution < -0.4 is 0 Å². The van der Waals surface area contributed by atoms with Crippen molar-refractivity contribution in [3.63, 3.8) is 0 Å². The molecule has 0 bridgehead atoms. The fraction of sp³-hybridized carbons (Fsp3) is 0.263. The van der Waals surface area contributed by atoms with E-state index in [-0.39, 0.29) is 17.9 Å². The van der Waals surface area contributed by atoms with Gasteiger partial charge in [0.2, 0.25) is 0 Å². The first-order valence-corrected chi connectivity index (χ1v) is 7.39. The molecule has 114 valence electrons. The first kappa shape index (κ1) is 16.0. The van der Waals surface area contributed by atoms with E-state index < -0.39 is 5.92 Å². The van der Waals surface area contributed by atoms with Crippen LogP contribution in [0.15, 0.2) is 54.6 Å². The molecule has 0 fully saturated rings. The maximum absolute atomic E-state index is 12.5. The predicted molar refractivity (Wildman–Crippen MR) is 86.0 cm³/mol. The van der Waals surface area contributed by atoms with E-state index in [1.165, 1.54) is 0 Å². The molecule has 3 heteroatoms. The summed E-state index contributed by atoms with van der Waals surface area (Å²) < 4.78 is 5.23. The van der Waals surface area contributed by atoms with Crippen molar-refractivity contribution in [3.05, 3.63) is 71.3 Å². The van der Waals surface area contributed by atoms with Gasteiger partial charge < -0.3 is 4.74 Å². The molecule has 3 nitrogen and oxygen atoms in total. The Labute approximate surface area is 130 Å². The number of ketones is 1. The highest BCUT2D eigenvalue weighted by molar-refractivity contribution is 6.09. The van der Waals surface area contributed by atoms with E-state index in [4.69, 9.17) is 4.74 Å². The monoisotopic (exact) mass is 296 g/mol. The first-order valence-electron chi connectivity index (χ1n) is 7.39. The summed E-state index contributed by atoms with van der Waals surface area (Å²) in [5.41, 5.74) is 2.00. The van der Waals surface area contributed by atoms with E-state index in [1.54, 1.807) is 37.3 Å². The van der Waals surface area contributed by atoms with Crippen LogP contribution in [0.1, 0.15) is 48.2 Å². The Balaban J connectivity index is 2.23. The Morgan fingerprint density at radius 2 is 1.50 bits per heavy atom. The molecule has 0 saturated heterocycles. The van der Waals surface area contributed by atoms with Crippen LogP contribution in [0.3, 0.4) is 0 Å². The second-order valence-electron chi connectivity index (χ2n) is 5.53. The Bertz CT molecular complexity index is 659. The van der Waals surface area contributed by atoms with Gasteiger partial charge in [-0.2, -0.15) is 0 Å². The Kier molecular flexibility index (Phi) is 5.10. The van der Waals surface area contributed by atoms with Crippen LogP contribution in [0.5, 0.6) is 0 Å². The normalized spacial score (nSPS) is 12.0. The van der Waals surface area contributed by atoms with Crippen LogP contribution in [0.2, 0.25) is 0 Å².